The summed E-state index contributed by atoms with van der Waals surface area (Å²) in [4.78, 5) is 26.9. The number of hydrogen-bond acceptors (Lipinski definition) is 3. The molecule has 0 fully saturated rings. The lowest BCUT2D eigenvalue weighted by Gasteiger charge is -2.01. The summed E-state index contributed by atoms with van der Waals surface area (Å²) < 4.78 is 0. The maximum Gasteiger partial charge on any atom is 0.325 e. The van der Waals surface area contributed by atoms with Crippen LogP contribution in [-0.4, -0.2) is 9.97 Å². The molecule has 5 heteroatoms. The Morgan fingerprint density at radius 3 is 2.56 bits per heavy atom. The molecule has 5 nitrogen and oxygen atoms in total. The standard InChI is InChI=1S/C11H7N3O2/c12-5-7-3-1-2-4-8(7)9-6-13-11(16)14-10(9)15/h1-4,6H,(H2,13,14,15,16). The minimum atomic E-state index is -0.566. The number of rotatable bonds is 1. The van der Waals surface area contributed by atoms with Gasteiger partial charge >= 0.3 is 5.69 Å². The average molecular weight is 213 g/mol. The summed E-state index contributed by atoms with van der Waals surface area (Å²) in [5, 5.41) is 8.89. The van der Waals surface area contributed by atoms with Crippen molar-refractivity contribution in [2.45, 2.75) is 0 Å². The molecule has 0 atom stereocenters. The second kappa shape index (κ2) is 3.87. The molecular formula is C11H7N3O2. The van der Waals surface area contributed by atoms with Crippen LogP contribution >= 0.6 is 0 Å². The summed E-state index contributed by atoms with van der Waals surface area (Å²) in [5.74, 6) is 0. The summed E-state index contributed by atoms with van der Waals surface area (Å²) in [6.07, 6.45) is 1.30. The third-order valence-electron chi connectivity index (χ3n) is 2.16. The number of nitrogens with zero attached hydrogens (tertiary/aromatic N) is 1. The Bertz CT molecular complexity index is 676. The van der Waals surface area contributed by atoms with Crippen LogP contribution in [-0.2, 0) is 0 Å². The van der Waals surface area contributed by atoms with E-state index in [1.54, 1.807) is 24.3 Å². The Hall–Kier alpha value is -2.61. The summed E-state index contributed by atoms with van der Waals surface area (Å²) in [6, 6.07) is 8.69. The Morgan fingerprint density at radius 1 is 1.12 bits per heavy atom. The fourth-order valence-electron chi connectivity index (χ4n) is 1.43. The molecule has 0 aliphatic heterocycles. The largest absolute Gasteiger partial charge is 0.325 e. The fourth-order valence-corrected chi connectivity index (χ4v) is 1.43. The number of H-pyrrole nitrogens is 2. The minimum Gasteiger partial charge on any atom is -0.313 e. The van der Waals surface area contributed by atoms with E-state index in [0.717, 1.165) is 0 Å². The van der Waals surface area contributed by atoms with Crippen LogP contribution in [0.4, 0.5) is 0 Å². The molecule has 0 bridgehead atoms. The number of aromatic amines is 2. The molecular weight excluding hydrogens is 206 g/mol. The Labute approximate surface area is 90.0 Å². The van der Waals surface area contributed by atoms with Gasteiger partial charge in [0.05, 0.1) is 17.2 Å². The van der Waals surface area contributed by atoms with Crippen LogP contribution in [0.2, 0.25) is 0 Å². The summed E-state index contributed by atoms with van der Waals surface area (Å²) in [7, 11) is 0. The van der Waals surface area contributed by atoms with Crippen molar-refractivity contribution in [3.63, 3.8) is 0 Å². The lowest BCUT2D eigenvalue weighted by atomic mass is 10.0. The monoisotopic (exact) mass is 213 g/mol. The van der Waals surface area contributed by atoms with Gasteiger partial charge in [-0.05, 0) is 6.07 Å². The van der Waals surface area contributed by atoms with E-state index in [-0.39, 0.29) is 5.56 Å². The van der Waals surface area contributed by atoms with Crippen molar-refractivity contribution in [1.29, 1.82) is 5.26 Å². The summed E-state index contributed by atoms with van der Waals surface area (Å²) >= 11 is 0. The van der Waals surface area contributed by atoms with Gasteiger partial charge < -0.3 is 4.98 Å². The highest BCUT2D eigenvalue weighted by molar-refractivity contribution is 5.68. The van der Waals surface area contributed by atoms with Gasteiger partial charge in [0.25, 0.3) is 5.56 Å². The molecule has 0 saturated carbocycles. The first-order valence-electron chi connectivity index (χ1n) is 4.54. The van der Waals surface area contributed by atoms with Crippen molar-refractivity contribution in [2.75, 3.05) is 0 Å². The molecule has 0 amide bonds. The average Bonchev–Trinajstić information content (AvgIpc) is 2.29. The van der Waals surface area contributed by atoms with Gasteiger partial charge in [0.15, 0.2) is 0 Å². The molecule has 1 aromatic carbocycles. The van der Waals surface area contributed by atoms with E-state index < -0.39 is 11.2 Å². The molecule has 0 aliphatic carbocycles. The van der Waals surface area contributed by atoms with E-state index >= 15 is 0 Å². The highest BCUT2D eigenvalue weighted by Crippen LogP contribution is 2.17. The summed E-state index contributed by atoms with van der Waals surface area (Å²) in [6.45, 7) is 0. The normalized spacial score (nSPS) is 9.69. The predicted octanol–water partition coefficient (Wildman–Crippen LogP) is 0.602. The highest BCUT2D eigenvalue weighted by atomic mass is 16.2. The Morgan fingerprint density at radius 2 is 1.88 bits per heavy atom. The quantitative estimate of drug-likeness (QED) is 0.726. The molecule has 0 aliphatic rings. The molecule has 78 valence electrons. The van der Waals surface area contributed by atoms with Crippen LogP contribution < -0.4 is 11.2 Å². The third kappa shape index (κ3) is 1.64. The van der Waals surface area contributed by atoms with E-state index in [4.69, 9.17) is 5.26 Å². The molecule has 1 aromatic heterocycles. The van der Waals surface area contributed by atoms with Crippen LogP contribution in [0.1, 0.15) is 5.56 Å². The van der Waals surface area contributed by atoms with E-state index in [1.807, 2.05) is 6.07 Å². The van der Waals surface area contributed by atoms with Gasteiger partial charge in [-0.2, -0.15) is 5.26 Å². The van der Waals surface area contributed by atoms with E-state index in [9.17, 15) is 9.59 Å². The third-order valence-corrected chi connectivity index (χ3v) is 2.16. The molecule has 2 rings (SSSR count). The molecule has 0 unspecified atom stereocenters. The van der Waals surface area contributed by atoms with Gasteiger partial charge in [-0.1, -0.05) is 18.2 Å². The van der Waals surface area contributed by atoms with Gasteiger partial charge in [0.1, 0.15) is 0 Å². The van der Waals surface area contributed by atoms with Gasteiger partial charge in [-0.25, -0.2) is 4.79 Å². The van der Waals surface area contributed by atoms with Crippen molar-refractivity contribution in [1.82, 2.24) is 9.97 Å². The number of nitriles is 1. The lowest BCUT2D eigenvalue weighted by molar-refractivity contribution is 1.04. The number of nitrogens with one attached hydrogen (secondary N) is 2. The fraction of sp³-hybridized carbons (Fsp3) is 0. The first-order chi connectivity index (χ1) is 7.72. The van der Waals surface area contributed by atoms with E-state index in [2.05, 4.69) is 9.97 Å². The molecule has 0 saturated heterocycles. The molecule has 16 heavy (non-hydrogen) atoms. The van der Waals surface area contributed by atoms with Crippen molar-refractivity contribution < 1.29 is 0 Å². The first kappa shape index (κ1) is 9.93. The maximum atomic E-state index is 11.5. The lowest BCUT2D eigenvalue weighted by Crippen LogP contribution is -2.22. The summed E-state index contributed by atoms with van der Waals surface area (Å²) in [5.41, 5.74) is 0.0916. The highest BCUT2D eigenvalue weighted by Gasteiger charge is 2.07. The molecule has 2 aromatic rings. The Balaban J connectivity index is 2.74. The van der Waals surface area contributed by atoms with Crippen LogP contribution in [0.25, 0.3) is 11.1 Å². The van der Waals surface area contributed by atoms with Crippen LogP contribution in [0.15, 0.2) is 40.1 Å². The smallest absolute Gasteiger partial charge is 0.313 e. The van der Waals surface area contributed by atoms with Gasteiger partial charge in [-0.15, -0.1) is 0 Å². The van der Waals surface area contributed by atoms with Crippen LogP contribution in [0, 0.1) is 11.3 Å². The second-order valence-corrected chi connectivity index (χ2v) is 3.14. The van der Waals surface area contributed by atoms with Crippen molar-refractivity contribution in [3.05, 3.63) is 56.9 Å². The zero-order valence-electron chi connectivity index (χ0n) is 8.15. The second-order valence-electron chi connectivity index (χ2n) is 3.14. The number of aromatic nitrogens is 2. The van der Waals surface area contributed by atoms with Crippen molar-refractivity contribution in [3.8, 4) is 17.2 Å². The van der Waals surface area contributed by atoms with E-state index in [0.29, 0.717) is 11.1 Å². The number of hydrogen-bond donors (Lipinski definition) is 2. The molecule has 0 radical (unpaired) electrons. The zero-order valence-corrected chi connectivity index (χ0v) is 8.15. The van der Waals surface area contributed by atoms with Crippen LogP contribution in [0.3, 0.4) is 0 Å². The molecule has 0 spiro atoms. The van der Waals surface area contributed by atoms with Crippen molar-refractivity contribution in [2.24, 2.45) is 0 Å². The SMILES string of the molecule is N#Cc1ccccc1-c1c[nH]c(=O)[nH]c1=O. The molecule has 2 N–H and O–H groups in total. The van der Waals surface area contributed by atoms with Crippen LogP contribution in [0.5, 0.6) is 0 Å². The van der Waals surface area contributed by atoms with Gasteiger partial charge in [-0.3, -0.25) is 9.78 Å². The minimum absolute atomic E-state index is 0.275. The van der Waals surface area contributed by atoms with Gasteiger partial charge in [0.2, 0.25) is 0 Å². The molecule has 1 heterocycles. The predicted molar refractivity (Wildman–Crippen MR) is 57.8 cm³/mol. The maximum absolute atomic E-state index is 11.5. The Kier molecular flexibility index (Phi) is 2.40. The van der Waals surface area contributed by atoms with Crippen molar-refractivity contribution >= 4 is 0 Å². The van der Waals surface area contributed by atoms with E-state index in [1.165, 1.54) is 6.20 Å². The topological polar surface area (TPSA) is 89.5 Å². The van der Waals surface area contributed by atoms with Gasteiger partial charge in [0, 0.05) is 11.8 Å². The zero-order chi connectivity index (χ0) is 11.5. The first-order valence-corrected chi connectivity index (χ1v) is 4.54. The number of benzene rings is 1.